The van der Waals surface area contributed by atoms with Crippen molar-refractivity contribution >= 4 is 40.5 Å². The van der Waals surface area contributed by atoms with Gasteiger partial charge in [0.05, 0.1) is 18.4 Å². The zero-order valence-electron chi connectivity index (χ0n) is 11.6. The van der Waals surface area contributed by atoms with E-state index in [0.717, 1.165) is 23.7 Å². The first-order chi connectivity index (χ1) is 9.61. The molecule has 2 aromatic rings. The number of piperazine rings is 1. The first-order valence-electron chi connectivity index (χ1n) is 6.33. The molecule has 0 aliphatic carbocycles. The van der Waals surface area contributed by atoms with Crippen molar-refractivity contribution in [3.63, 3.8) is 0 Å². The van der Waals surface area contributed by atoms with Crippen LogP contribution in [-0.4, -0.2) is 45.2 Å². The smallest absolute Gasteiger partial charge is 0.241 e. The van der Waals surface area contributed by atoms with Crippen LogP contribution in [0.15, 0.2) is 18.6 Å². The van der Waals surface area contributed by atoms with Gasteiger partial charge in [-0.3, -0.25) is 14.4 Å². The van der Waals surface area contributed by atoms with Gasteiger partial charge in [-0.05, 0) is 0 Å². The Bertz CT molecular complexity index is 627. The number of nitrogens with zero attached hydrogens (tertiary/aromatic N) is 5. The maximum Gasteiger partial charge on any atom is 0.241 e. The lowest BCUT2D eigenvalue weighted by Gasteiger charge is -2.33. The predicted molar refractivity (Wildman–Crippen MR) is 84.6 cm³/mol. The van der Waals surface area contributed by atoms with Crippen LogP contribution in [0.25, 0.3) is 0 Å². The van der Waals surface area contributed by atoms with Crippen LogP contribution in [0.1, 0.15) is 4.88 Å². The average Bonchev–Trinajstić information content (AvgIpc) is 2.99. The van der Waals surface area contributed by atoms with E-state index >= 15 is 0 Å². The van der Waals surface area contributed by atoms with E-state index in [1.54, 1.807) is 22.0 Å². The number of aryl methyl sites for hydroxylation is 1. The number of halogens is 1. The van der Waals surface area contributed by atoms with Crippen molar-refractivity contribution in [2.24, 2.45) is 7.05 Å². The summed E-state index contributed by atoms with van der Waals surface area (Å²) in [5.74, 6) is 0.0988. The minimum atomic E-state index is 0. The lowest BCUT2D eigenvalue weighted by Crippen LogP contribution is -2.49. The van der Waals surface area contributed by atoms with Crippen molar-refractivity contribution in [3.8, 4) is 0 Å². The Balaban J connectivity index is 0.00000161. The molecule has 0 radical (unpaired) electrons. The van der Waals surface area contributed by atoms with E-state index in [0.29, 0.717) is 18.2 Å². The van der Waals surface area contributed by atoms with Crippen molar-refractivity contribution in [3.05, 3.63) is 23.5 Å². The summed E-state index contributed by atoms with van der Waals surface area (Å²) in [5, 5.41) is 4.67. The third kappa shape index (κ3) is 3.52. The van der Waals surface area contributed by atoms with Crippen molar-refractivity contribution < 1.29 is 4.79 Å². The Morgan fingerprint density at radius 2 is 2.19 bits per heavy atom. The number of nitrogen functional groups attached to an aromatic ring is 1. The number of thiazole rings is 1. The summed E-state index contributed by atoms with van der Waals surface area (Å²) in [6.07, 6.45) is 5.35. The second kappa shape index (κ2) is 6.42. The topological polar surface area (TPSA) is 80.3 Å². The third-order valence-electron chi connectivity index (χ3n) is 3.25. The highest BCUT2D eigenvalue weighted by Crippen LogP contribution is 2.20. The molecule has 2 aromatic heterocycles. The van der Waals surface area contributed by atoms with Crippen LogP contribution >= 0.6 is 23.7 Å². The Kier molecular flexibility index (Phi) is 4.81. The summed E-state index contributed by atoms with van der Waals surface area (Å²) in [5.41, 5.74) is 6.48. The number of hydrogen-bond donors (Lipinski definition) is 1. The maximum atomic E-state index is 12.2. The monoisotopic (exact) mass is 328 g/mol. The number of anilines is 2. The SMILES string of the molecule is Cl.Cn1cc(N2CCN(Cc3cnc(N)s3)CC2=O)cn1. The van der Waals surface area contributed by atoms with Crippen LogP contribution in [0.2, 0.25) is 0 Å². The number of aromatic nitrogens is 3. The van der Waals surface area contributed by atoms with E-state index in [-0.39, 0.29) is 18.3 Å². The highest BCUT2D eigenvalue weighted by molar-refractivity contribution is 7.15. The number of nitrogens with two attached hydrogens (primary N) is 1. The van der Waals surface area contributed by atoms with E-state index in [1.807, 2.05) is 13.2 Å². The average molecular weight is 329 g/mol. The molecular weight excluding hydrogens is 312 g/mol. The molecule has 0 aromatic carbocycles. The number of carbonyl (C=O) groups is 1. The van der Waals surface area contributed by atoms with E-state index in [1.165, 1.54) is 11.3 Å². The van der Waals surface area contributed by atoms with Gasteiger partial charge in [0, 0.05) is 44.0 Å². The molecule has 0 spiro atoms. The van der Waals surface area contributed by atoms with Gasteiger partial charge in [-0.2, -0.15) is 5.10 Å². The molecule has 0 unspecified atom stereocenters. The molecule has 7 nitrogen and oxygen atoms in total. The number of amides is 1. The standard InChI is InChI=1S/C12H16N6OS.ClH/c1-16-6-9(4-15-16)18-3-2-17(8-11(18)19)7-10-5-14-12(13)20-10;/h4-6H,2-3,7-8H2,1H3,(H2,13,14);1H. The van der Waals surface area contributed by atoms with Crippen LogP contribution in [0.3, 0.4) is 0 Å². The molecule has 1 amide bonds. The fourth-order valence-corrected chi connectivity index (χ4v) is 3.02. The van der Waals surface area contributed by atoms with Gasteiger partial charge in [-0.1, -0.05) is 0 Å². The molecule has 0 atom stereocenters. The highest BCUT2D eigenvalue weighted by atomic mass is 35.5. The minimum absolute atomic E-state index is 0. The molecule has 1 saturated heterocycles. The summed E-state index contributed by atoms with van der Waals surface area (Å²) in [6.45, 7) is 2.64. The van der Waals surface area contributed by atoms with Gasteiger partial charge < -0.3 is 10.6 Å². The molecule has 0 saturated carbocycles. The van der Waals surface area contributed by atoms with Gasteiger partial charge in [-0.25, -0.2) is 4.98 Å². The second-order valence-corrected chi connectivity index (χ2v) is 5.94. The number of carbonyl (C=O) groups excluding carboxylic acids is 1. The normalized spacial score (nSPS) is 16.0. The molecule has 0 bridgehead atoms. The molecular formula is C12H17ClN6OS. The predicted octanol–water partition coefficient (Wildman–Crippen LogP) is 0.729. The van der Waals surface area contributed by atoms with E-state index in [9.17, 15) is 4.79 Å². The fourth-order valence-electron chi connectivity index (χ4n) is 2.29. The maximum absolute atomic E-state index is 12.2. The van der Waals surface area contributed by atoms with Crippen LogP contribution in [0.4, 0.5) is 10.8 Å². The van der Waals surface area contributed by atoms with Gasteiger partial charge in [0.1, 0.15) is 0 Å². The first-order valence-corrected chi connectivity index (χ1v) is 7.15. The van der Waals surface area contributed by atoms with Crippen LogP contribution in [0, 0.1) is 0 Å². The van der Waals surface area contributed by atoms with Crippen molar-refractivity contribution in [1.82, 2.24) is 19.7 Å². The quantitative estimate of drug-likeness (QED) is 0.898. The number of hydrogen-bond acceptors (Lipinski definition) is 6. The third-order valence-corrected chi connectivity index (χ3v) is 4.06. The zero-order valence-corrected chi connectivity index (χ0v) is 13.2. The van der Waals surface area contributed by atoms with E-state index in [2.05, 4.69) is 15.0 Å². The molecule has 2 N–H and O–H groups in total. The van der Waals surface area contributed by atoms with E-state index in [4.69, 9.17) is 5.73 Å². The molecule has 1 aliphatic rings. The molecule has 21 heavy (non-hydrogen) atoms. The van der Waals surface area contributed by atoms with Crippen molar-refractivity contribution in [2.45, 2.75) is 6.54 Å². The van der Waals surface area contributed by atoms with Gasteiger partial charge in [0.25, 0.3) is 0 Å². The molecule has 114 valence electrons. The molecule has 3 rings (SSSR count). The van der Waals surface area contributed by atoms with Crippen molar-refractivity contribution in [1.29, 1.82) is 0 Å². The molecule has 3 heterocycles. The van der Waals surface area contributed by atoms with Crippen molar-refractivity contribution in [2.75, 3.05) is 30.3 Å². The second-order valence-electron chi connectivity index (χ2n) is 4.79. The van der Waals surface area contributed by atoms with E-state index < -0.39 is 0 Å². The fraction of sp³-hybridized carbons (Fsp3) is 0.417. The summed E-state index contributed by atoms with van der Waals surface area (Å²) in [4.78, 5) is 21.2. The Hall–Kier alpha value is -1.64. The first kappa shape index (κ1) is 15.7. The summed E-state index contributed by atoms with van der Waals surface area (Å²) in [7, 11) is 1.85. The highest BCUT2D eigenvalue weighted by Gasteiger charge is 2.26. The Morgan fingerprint density at radius 1 is 1.38 bits per heavy atom. The van der Waals surface area contributed by atoms with Gasteiger partial charge in [0.15, 0.2) is 5.13 Å². The Labute approximate surface area is 132 Å². The summed E-state index contributed by atoms with van der Waals surface area (Å²) < 4.78 is 1.70. The molecule has 9 heteroatoms. The summed E-state index contributed by atoms with van der Waals surface area (Å²) >= 11 is 1.47. The molecule has 1 fully saturated rings. The summed E-state index contributed by atoms with van der Waals surface area (Å²) in [6, 6.07) is 0. The Morgan fingerprint density at radius 3 is 2.76 bits per heavy atom. The molecule has 1 aliphatic heterocycles. The lowest BCUT2D eigenvalue weighted by atomic mass is 10.3. The number of rotatable bonds is 3. The van der Waals surface area contributed by atoms with Gasteiger partial charge in [-0.15, -0.1) is 23.7 Å². The lowest BCUT2D eigenvalue weighted by molar-refractivity contribution is -0.121. The minimum Gasteiger partial charge on any atom is -0.375 e. The van der Waals surface area contributed by atoms with Gasteiger partial charge in [0.2, 0.25) is 5.91 Å². The van der Waals surface area contributed by atoms with Crippen LogP contribution in [-0.2, 0) is 18.4 Å². The van der Waals surface area contributed by atoms with Gasteiger partial charge >= 0.3 is 0 Å². The largest absolute Gasteiger partial charge is 0.375 e. The zero-order chi connectivity index (χ0) is 14.1. The van der Waals surface area contributed by atoms with Crippen LogP contribution < -0.4 is 10.6 Å². The van der Waals surface area contributed by atoms with Crippen LogP contribution in [0.5, 0.6) is 0 Å².